The minimum Gasteiger partial charge on any atom is -0.338 e. The third-order valence-electron chi connectivity index (χ3n) is 5.18. The van der Waals surface area contributed by atoms with Crippen molar-refractivity contribution in [3.05, 3.63) is 77.5 Å². The van der Waals surface area contributed by atoms with Crippen molar-refractivity contribution in [3.8, 4) is 0 Å². The fraction of sp³-hybridized carbons (Fsp3) is 0.208. The average Bonchev–Trinajstić information content (AvgIpc) is 2.88. The smallest absolute Gasteiger partial charge is 0.246 e. The maximum atomic E-state index is 12.6. The van der Waals surface area contributed by atoms with Crippen LogP contribution in [0.1, 0.15) is 16.7 Å². The van der Waals surface area contributed by atoms with E-state index in [1.807, 2.05) is 36.2 Å². The normalized spacial score (nSPS) is 14.4. The van der Waals surface area contributed by atoms with Crippen molar-refractivity contribution in [2.75, 3.05) is 26.0 Å². The van der Waals surface area contributed by atoms with E-state index in [2.05, 4.69) is 34.6 Å². The van der Waals surface area contributed by atoms with Crippen molar-refractivity contribution >= 4 is 34.5 Å². The monoisotopic (exact) mass is 400 g/mol. The number of fused-ring (bicyclic) bond motifs is 2. The Hall–Kier alpha value is -3.51. The molecule has 1 aromatic heterocycles. The summed E-state index contributed by atoms with van der Waals surface area (Å²) < 4.78 is 0. The second-order valence-corrected chi connectivity index (χ2v) is 7.66. The molecule has 0 aliphatic carbocycles. The lowest BCUT2D eigenvalue weighted by Crippen LogP contribution is -2.26. The van der Waals surface area contributed by atoms with Crippen LogP contribution >= 0.6 is 0 Å². The summed E-state index contributed by atoms with van der Waals surface area (Å²) in [4.78, 5) is 32.4. The molecule has 0 saturated carbocycles. The van der Waals surface area contributed by atoms with Crippen molar-refractivity contribution in [2.45, 2.75) is 13.1 Å². The first-order chi connectivity index (χ1) is 14.5. The minimum absolute atomic E-state index is 0.0720. The van der Waals surface area contributed by atoms with Gasteiger partial charge in [0.15, 0.2) is 0 Å². The molecule has 1 aliphatic heterocycles. The molecule has 1 N–H and O–H groups in total. The Bertz CT molecular complexity index is 1130. The summed E-state index contributed by atoms with van der Waals surface area (Å²) in [6.07, 6.45) is 4.99. The van der Waals surface area contributed by atoms with E-state index in [-0.39, 0.29) is 11.8 Å². The summed E-state index contributed by atoms with van der Waals surface area (Å²) in [5.74, 6) is 0.432. The number of carbonyl (C=O) groups is 2. The molecule has 1 aliphatic rings. The molecule has 0 radical (unpaired) electrons. The molecule has 6 heteroatoms. The van der Waals surface area contributed by atoms with Crippen molar-refractivity contribution < 1.29 is 9.59 Å². The summed E-state index contributed by atoms with van der Waals surface area (Å²) in [5.41, 5.74) is 2.87. The minimum atomic E-state index is -0.0803. The zero-order chi connectivity index (χ0) is 21.1. The highest BCUT2D eigenvalue weighted by atomic mass is 16.2. The lowest BCUT2D eigenvalue weighted by atomic mass is 10.0. The van der Waals surface area contributed by atoms with Crippen molar-refractivity contribution in [3.63, 3.8) is 0 Å². The summed E-state index contributed by atoms with van der Waals surface area (Å²) in [7, 11) is 3.69. The molecular weight excluding hydrogens is 376 g/mol. The first-order valence-electron chi connectivity index (χ1n) is 9.87. The predicted molar refractivity (Wildman–Crippen MR) is 119 cm³/mol. The number of likely N-dealkylation sites (N-methyl/N-ethyl adjacent to an activating group) is 2. The van der Waals surface area contributed by atoms with E-state index in [9.17, 15) is 9.59 Å². The molecule has 0 fully saturated rings. The highest BCUT2D eigenvalue weighted by Crippen LogP contribution is 2.21. The topological polar surface area (TPSA) is 65.5 Å². The van der Waals surface area contributed by atoms with Gasteiger partial charge in [-0.05, 0) is 41.1 Å². The zero-order valence-electron chi connectivity index (χ0n) is 17.1. The van der Waals surface area contributed by atoms with Gasteiger partial charge in [-0.15, -0.1) is 0 Å². The molecule has 30 heavy (non-hydrogen) atoms. The average molecular weight is 400 g/mol. The Morgan fingerprint density at radius 1 is 1.20 bits per heavy atom. The zero-order valence-corrected chi connectivity index (χ0v) is 17.1. The van der Waals surface area contributed by atoms with Crippen LogP contribution in [0.4, 0.5) is 5.82 Å². The molecule has 0 spiro atoms. The molecule has 0 unspecified atom stereocenters. The van der Waals surface area contributed by atoms with Crippen molar-refractivity contribution in [2.24, 2.45) is 0 Å². The molecule has 4 rings (SSSR count). The quantitative estimate of drug-likeness (QED) is 0.683. The number of anilines is 1. The van der Waals surface area contributed by atoms with Gasteiger partial charge in [0.1, 0.15) is 5.82 Å². The van der Waals surface area contributed by atoms with Gasteiger partial charge in [0.05, 0.1) is 6.54 Å². The number of nitrogens with zero attached hydrogens (tertiary/aromatic N) is 3. The predicted octanol–water partition coefficient (Wildman–Crippen LogP) is 3.29. The number of hydrogen-bond donors (Lipinski definition) is 1. The Morgan fingerprint density at radius 3 is 2.87 bits per heavy atom. The van der Waals surface area contributed by atoms with Crippen LogP contribution in [0.25, 0.3) is 16.8 Å². The van der Waals surface area contributed by atoms with Crippen LogP contribution in [-0.2, 0) is 22.7 Å². The van der Waals surface area contributed by atoms with Gasteiger partial charge >= 0.3 is 0 Å². The number of rotatable bonds is 4. The maximum Gasteiger partial charge on any atom is 0.246 e. The van der Waals surface area contributed by atoms with Gasteiger partial charge in [-0.2, -0.15) is 0 Å². The molecule has 0 saturated heterocycles. The van der Waals surface area contributed by atoms with Crippen molar-refractivity contribution in [1.82, 2.24) is 14.8 Å². The molecule has 0 atom stereocenters. The van der Waals surface area contributed by atoms with E-state index >= 15 is 0 Å². The Balaban J connectivity index is 1.47. The Labute approximate surface area is 175 Å². The second-order valence-electron chi connectivity index (χ2n) is 7.66. The number of aromatic nitrogens is 1. The fourth-order valence-electron chi connectivity index (χ4n) is 3.68. The Morgan fingerprint density at radius 2 is 2.00 bits per heavy atom. The number of nitrogens with one attached hydrogen (secondary N) is 1. The highest BCUT2D eigenvalue weighted by molar-refractivity contribution is 5.94. The van der Waals surface area contributed by atoms with Crippen LogP contribution in [0, 0.1) is 0 Å². The third kappa shape index (κ3) is 4.39. The molecule has 2 amide bonds. The van der Waals surface area contributed by atoms with Crippen LogP contribution in [0.2, 0.25) is 0 Å². The van der Waals surface area contributed by atoms with Crippen LogP contribution in [0.15, 0.2) is 60.8 Å². The van der Waals surface area contributed by atoms with Crippen LogP contribution < -0.4 is 5.32 Å². The number of pyridine rings is 1. The molecule has 6 nitrogen and oxygen atoms in total. The molecule has 2 aromatic carbocycles. The van der Waals surface area contributed by atoms with Crippen molar-refractivity contribution in [1.29, 1.82) is 0 Å². The van der Waals surface area contributed by atoms with Crippen LogP contribution in [-0.4, -0.2) is 47.2 Å². The molecule has 3 aromatic rings. The molecule has 152 valence electrons. The molecule has 2 heterocycles. The summed E-state index contributed by atoms with van der Waals surface area (Å²) >= 11 is 0. The van der Waals surface area contributed by atoms with E-state index in [4.69, 9.17) is 0 Å². The summed E-state index contributed by atoms with van der Waals surface area (Å²) in [5, 5.41) is 5.14. The largest absolute Gasteiger partial charge is 0.338 e. The maximum absolute atomic E-state index is 12.6. The van der Waals surface area contributed by atoms with E-state index in [0.29, 0.717) is 25.5 Å². The van der Waals surface area contributed by atoms with Gasteiger partial charge in [-0.3, -0.25) is 14.5 Å². The van der Waals surface area contributed by atoms with Gasteiger partial charge in [0.25, 0.3) is 0 Å². The number of hydrogen-bond acceptors (Lipinski definition) is 4. The SMILES string of the molecule is CN1CC(=O)Nc2ncc(/C=C/C(=O)N(C)Cc3cccc4ccccc34)cc2C1. The lowest BCUT2D eigenvalue weighted by Gasteiger charge is -2.17. The molecule has 0 bridgehead atoms. The van der Waals surface area contributed by atoms with Gasteiger partial charge in [0.2, 0.25) is 11.8 Å². The van der Waals surface area contributed by atoms with Gasteiger partial charge in [0, 0.05) is 38.0 Å². The van der Waals surface area contributed by atoms with Crippen LogP contribution in [0.3, 0.4) is 0 Å². The summed E-state index contributed by atoms with van der Waals surface area (Å²) in [6, 6.07) is 16.3. The second kappa shape index (κ2) is 8.47. The first kappa shape index (κ1) is 19.8. The van der Waals surface area contributed by atoms with E-state index in [0.717, 1.165) is 22.1 Å². The number of amides is 2. The van der Waals surface area contributed by atoms with E-state index in [1.165, 1.54) is 5.39 Å². The van der Waals surface area contributed by atoms with Gasteiger partial charge < -0.3 is 10.2 Å². The van der Waals surface area contributed by atoms with E-state index in [1.54, 1.807) is 30.3 Å². The fourth-order valence-corrected chi connectivity index (χ4v) is 3.68. The molecular formula is C24H24N4O2. The highest BCUT2D eigenvalue weighted by Gasteiger charge is 2.17. The Kier molecular flexibility index (Phi) is 5.59. The number of carbonyl (C=O) groups excluding carboxylic acids is 2. The van der Waals surface area contributed by atoms with Crippen LogP contribution in [0.5, 0.6) is 0 Å². The van der Waals surface area contributed by atoms with Gasteiger partial charge in [-0.25, -0.2) is 4.98 Å². The van der Waals surface area contributed by atoms with Gasteiger partial charge in [-0.1, -0.05) is 42.5 Å². The first-order valence-corrected chi connectivity index (χ1v) is 9.87. The third-order valence-corrected chi connectivity index (χ3v) is 5.18. The number of benzene rings is 2. The lowest BCUT2D eigenvalue weighted by molar-refractivity contribution is -0.125. The van der Waals surface area contributed by atoms with E-state index < -0.39 is 0 Å². The summed E-state index contributed by atoms with van der Waals surface area (Å²) in [6.45, 7) is 1.49. The standard InChI is InChI=1S/C24H24N4O2/c1-27-14-20-12-17(13-25-24(20)26-22(29)16-27)10-11-23(30)28(2)15-19-8-5-7-18-6-3-4-9-21(18)19/h3-13H,14-16H2,1-2H3,(H,25,26,29)/b11-10+.